The number of piperazine rings is 1. The van der Waals surface area contributed by atoms with Gasteiger partial charge in [-0.15, -0.1) is 0 Å². The van der Waals surface area contributed by atoms with Gasteiger partial charge in [0.2, 0.25) is 0 Å². The van der Waals surface area contributed by atoms with E-state index in [4.69, 9.17) is 5.26 Å². The Morgan fingerprint density at radius 2 is 1.95 bits per heavy atom. The zero-order valence-corrected chi connectivity index (χ0v) is 11.3. The van der Waals surface area contributed by atoms with Gasteiger partial charge in [0.15, 0.2) is 0 Å². The van der Waals surface area contributed by atoms with Crippen molar-refractivity contribution < 1.29 is 4.39 Å². The van der Waals surface area contributed by atoms with Crippen molar-refractivity contribution >= 4 is 0 Å². The van der Waals surface area contributed by atoms with Crippen LogP contribution >= 0.6 is 0 Å². The first-order chi connectivity index (χ1) is 9.20. The lowest BCUT2D eigenvalue weighted by atomic mass is 10.1. The molecule has 102 valence electrons. The number of hydrogen-bond donors (Lipinski definition) is 0. The number of halogens is 1. The molecule has 1 aromatic carbocycles. The van der Waals surface area contributed by atoms with E-state index in [1.54, 1.807) is 6.07 Å². The third-order valence-corrected chi connectivity index (χ3v) is 3.80. The van der Waals surface area contributed by atoms with Gasteiger partial charge in [-0.05, 0) is 25.0 Å². The average molecular weight is 261 g/mol. The van der Waals surface area contributed by atoms with Crippen LogP contribution in [0.5, 0.6) is 0 Å². The number of benzene rings is 1. The molecular formula is C15H20FN3. The minimum Gasteiger partial charge on any atom is -0.300 e. The van der Waals surface area contributed by atoms with Crippen molar-refractivity contribution in [3.05, 3.63) is 35.6 Å². The Kier molecular flexibility index (Phi) is 4.89. The maximum atomic E-state index is 13.5. The average Bonchev–Trinajstić information content (AvgIpc) is 2.46. The minimum atomic E-state index is -0.112. The summed E-state index contributed by atoms with van der Waals surface area (Å²) in [6.07, 6.45) is 0.750. The summed E-state index contributed by atoms with van der Waals surface area (Å²) in [6, 6.07) is 9.24. The van der Waals surface area contributed by atoms with Crippen molar-refractivity contribution in [2.75, 3.05) is 32.7 Å². The van der Waals surface area contributed by atoms with Gasteiger partial charge >= 0.3 is 0 Å². The van der Waals surface area contributed by atoms with Crippen LogP contribution in [0.25, 0.3) is 0 Å². The summed E-state index contributed by atoms with van der Waals surface area (Å²) < 4.78 is 13.5. The van der Waals surface area contributed by atoms with E-state index >= 15 is 0 Å². The maximum Gasteiger partial charge on any atom is 0.126 e. The fourth-order valence-corrected chi connectivity index (χ4v) is 2.44. The van der Waals surface area contributed by atoms with E-state index in [-0.39, 0.29) is 11.9 Å². The quantitative estimate of drug-likeness (QED) is 0.829. The second kappa shape index (κ2) is 6.65. The molecular weight excluding hydrogens is 241 g/mol. The highest BCUT2D eigenvalue weighted by molar-refractivity contribution is 5.17. The Morgan fingerprint density at radius 1 is 1.26 bits per heavy atom. The number of nitriles is 1. The first-order valence-corrected chi connectivity index (χ1v) is 6.80. The molecule has 1 unspecified atom stereocenters. The molecule has 0 amide bonds. The van der Waals surface area contributed by atoms with Crippen LogP contribution in [-0.4, -0.2) is 48.6 Å². The van der Waals surface area contributed by atoms with Crippen molar-refractivity contribution in [1.29, 1.82) is 5.26 Å². The van der Waals surface area contributed by atoms with E-state index in [0.717, 1.165) is 44.7 Å². The second-order valence-electron chi connectivity index (χ2n) is 5.02. The summed E-state index contributed by atoms with van der Waals surface area (Å²) in [5, 5.41) is 8.89. The molecule has 1 fully saturated rings. The highest BCUT2D eigenvalue weighted by atomic mass is 19.1. The van der Waals surface area contributed by atoms with E-state index in [1.807, 2.05) is 19.1 Å². The molecule has 19 heavy (non-hydrogen) atoms. The Bertz CT molecular complexity index is 447. The molecule has 1 aliphatic heterocycles. The predicted octanol–water partition coefficient (Wildman–Crippen LogP) is 1.90. The van der Waals surface area contributed by atoms with Gasteiger partial charge < -0.3 is 4.90 Å². The molecule has 0 aliphatic carbocycles. The first kappa shape index (κ1) is 14.0. The van der Waals surface area contributed by atoms with Gasteiger partial charge in [0.25, 0.3) is 0 Å². The maximum absolute atomic E-state index is 13.5. The van der Waals surface area contributed by atoms with Crippen molar-refractivity contribution in [3.63, 3.8) is 0 Å². The molecule has 0 N–H and O–H groups in total. The molecule has 1 atom stereocenters. The van der Waals surface area contributed by atoms with E-state index in [0.29, 0.717) is 0 Å². The highest BCUT2D eigenvalue weighted by Gasteiger charge is 2.20. The van der Waals surface area contributed by atoms with Gasteiger partial charge in [-0.3, -0.25) is 4.90 Å². The molecule has 0 radical (unpaired) electrons. The Labute approximate surface area is 114 Å². The molecule has 0 saturated carbocycles. The van der Waals surface area contributed by atoms with Crippen molar-refractivity contribution in [3.8, 4) is 6.07 Å². The van der Waals surface area contributed by atoms with Crippen LogP contribution < -0.4 is 0 Å². The first-order valence-electron chi connectivity index (χ1n) is 6.80. The summed E-state index contributed by atoms with van der Waals surface area (Å²) in [6.45, 7) is 6.59. The topological polar surface area (TPSA) is 30.3 Å². The van der Waals surface area contributed by atoms with Crippen LogP contribution in [0.3, 0.4) is 0 Å². The standard InChI is InChI=1S/C15H20FN3/c1-13(12-17)19-10-8-18(9-11-19)7-6-14-4-2-3-5-15(14)16/h2-5,13H,6-11H2,1H3. The smallest absolute Gasteiger partial charge is 0.126 e. The van der Waals surface area contributed by atoms with Crippen LogP contribution in [-0.2, 0) is 6.42 Å². The van der Waals surface area contributed by atoms with Crippen molar-refractivity contribution in [1.82, 2.24) is 9.80 Å². The summed E-state index contributed by atoms with van der Waals surface area (Å²) in [5.74, 6) is -0.112. The van der Waals surface area contributed by atoms with Crippen LogP contribution in [0, 0.1) is 17.1 Å². The van der Waals surface area contributed by atoms with Crippen molar-refractivity contribution in [2.24, 2.45) is 0 Å². The zero-order chi connectivity index (χ0) is 13.7. The lowest BCUT2D eigenvalue weighted by Crippen LogP contribution is -2.49. The predicted molar refractivity (Wildman–Crippen MR) is 73.2 cm³/mol. The van der Waals surface area contributed by atoms with Gasteiger partial charge in [-0.1, -0.05) is 18.2 Å². The van der Waals surface area contributed by atoms with Crippen LogP contribution in [0.1, 0.15) is 12.5 Å². The minimum absolute atomic E-state index is 0.00582. The molecule has 3 nitrogen and oxygen atoms in total. The number of nitrogens with zero attached hydrogens (tertiary/aromatic N) is 3. The second-order valence-corrected chi connectivity index (χ2v) is 5.02. The highest BCUT2D eigenvalue weighted by Crippen LogP contribution is 2.10. The molecule has 0 spiro atoms. The summed E-state index contributed by atoms with van der Waals surface area (Å²) >= 11 is 0. The van der Waals surface area contributed by atoms with Gasteiger partial charge in [0.05, 0.1) is 12.1 Å². The van der Waals surface area contributed by atoms with E-state index < -0.39 is 0 Å². The van der Waals surface area contributed by atoms with Crippen LogP contribution in [0.15, 0.2) is 24.3 Å². The summed E-state index contributed by atoms with van der Waals surface area (Å²) in [5.41, 5.74) is 0.787. The number of hydrogen-bond acceptors (Lipinski definition) is 3. The van der Waals surface area contributed by atoms with Gasteiger partial charge in [-0.2, -0.15) is 5.26 Å². The van der Waals surface area contributed by atoms with E-state index in [9.17, 15) is 4.39 Å². The summed E-state index contributed by atoms with van der Waals surface area (Å²) in [4.78, 5) is 4.53. The Hall–Kier alpha value is -1.44. The molecule has 0 aromatic heterocycles. The van der Waals surface area contributed by atoms with E-state index in [1.165, 1.54) is 6.07 Å². The third-order valence-electron chi connectivity index (χ3n) is 3.80. The molecule has 1 saturated heterocycles. The molecule has 0 bridgehead atoms. The molecule has 1 aromatic rings. The monoisotopic (exact) mass is 261 g/mol. The lowest BCUT2D eigenvalue weighted by Gasteiger charge is -2.35. The normalized spacial score (nSPS) is 19.0. The van der Waals surface area contributed by atoms with Crippen LogP contribution in [0.2, 0.25) is 0 Å². The largest absolute Gasteiger partial charge is 0.300 e. The Balaban J connectivity index is 1.78. The Morgan fingerprint density at radius 3 is 2.58 bits per heavy atom. The fourth-order valence-electron chi connectivity index (χ4n) is 2.44. The van der Waals surface area contributed by atoms with Gasteiger partial charge in [0.1, 0.15) is 5.82 Å². The lowest BCUT2D eigenvalue weighted by molar-refractivity contribution is 0.120. The fraction of sp³-hybridized carbons (Fsp3) is 0.533. The molecule has 1 heterocycles. The van der Waals surface area contributed by atoms with Crippen LogP contribution in [0.4, 0.5) is 4.39 Å². The molecule has 4 heteroatoms. The van der Waals surface area contributed by atoms with Gasteiger partial charge in [0, 0.05) is 32.7 Å². The zero-order valence-electron chi connectivity index (χ0n) is 11.3. The molecule has 2 rings (SSSR count). The summed E-state index contributed by atoms with van der Waals surface area (Å²) in [7, 11) is 0. The van der Waals surface area contributed by atoms with E-state index in [2.05, 4.69) is 15.9 Å². The SMILES string of the molecule is CC(C#N)N1CCN(CCc2ccccc2F)CC1. The van der Waals surface area contributed by atoms with Gasteiger partial charge in [-0.25, -0.2) is 4.39 Å². The van der Waals surface area contributed by atoms with Crippen molar-refractivity contribution in [2.45, 2.75) is 19.4 Å². The third kappa shape index (κ3) is 3.76. The molecule has 1 aliphatic rings. The number of rotatable bonds is 4.